The van der Waals surface area contributed by atoms with Crippen LogP contribution in [0.1, 0.15) is 40.4 Å². The van der Waals surface area contributed by atoms with Crippen LogP contribution >= 0.6 is 0 Å². The Labute approximate surface area is 185 Å². The minimum atomic E-state index is -0.0598. The van der Waals surface area contributed by atoms with Crippen LogP contribution in [0.4, 0.5) is 5.69 Å². The third kappa shape index (κ3) is 6.05. The van der Waals surface area contributed by atoms with Gasteiger partial charge in [0.25, 0.3) is 5.91 Å². The van der Waals surface area contributed by atoms with Gasteiger partial charge in [0.15, 0.2) is 0 Å². The Morgan fingerprint density at radius 1 is 0.839 bits per heavy atom. The molecule has 4 heteroatoms. The van der Waals surface area contributed by atoms with E-state index in [9.17, 15) is 9.59 Å². The molecule has 0 bridgehead atoms. The van der Waals surface area contributed by atoms with Crippen molar-refractivity contribution >= 4 is 17.5 Å². The molecule has 0 atom stereocenters. The maximum absolute atomic E-state index is 13.4. The molecule has 160 valence electrons. The van der Waals surface area contributed by atoms with Crippen LogP contribution in [-0.2, 0) is 17.8 Å². The third-order valence-corrected chi connectivity index (χ3v) is 5.29. The predicted molar refractivity (Wildman–Crippen MR) is 126 cm³/mol. The first-order valence-electron chi connectivity index (χ1n) is 10.7. The minimum Gasteiger partial charge on any atom is -0.345 e. The van der Waals surface area contributed by atoms with E-state index in [2.05, 4.69) is 6.92 Å². The molecule has 0 saturated carbocycles. The summed E-state index contributed by atoms with van der Waals surface area (Å²) in [4.78, 5) is 29.5. The van der Waals surface area contributed by atoms with Gasteiger partial charge in [0.05, 0.1) is 13.0 Å². The van der Waals surface area contributed by atoms with Crippen molar-refractivity contribution in [3.05, 3.63) is 101 Å². The van der Waals surface area contributed by atoms with Crippen molar-refractivity contribution in [2.45, 2.75) is 33.2 Å². The number of rotatable bonds is 8. The summed E-state index contributed by atoms with van der Waals surface area (Å²) in [5.41, 5.74) is 4.50. The standard InChI is InChI=1S/C27H30N2O2/c1-4-17-28(3)26(30)19-23-11-8-12-25(18-23)29(20-22-9-6-5-7-10-22)27(31)24-15-13-21(2)14-16-24/h5-16,18H,4,17,19-20H2,1-3H3. The molecule has 4 nitrogen and oxygen atoms in total. The predicted octanol–water partition coefficient (Wildman–Crippen LogP) is 5.25. The van der Waals surface area contributed by atoms with Crippen LogP contribution in [0.2, 0.25) is 0 Å². The number of likely N-dealkylation sites (N-methyl/N-ethyl adjacent to an activating group) is 1. The zero-order valence-electron chi connectivity index (χ0n) is 18.5. The summed E-state index contributed by atoms with van der Waals surface area (Å²) in [7, 11) is 1.83. The number of nitrogens with zero attached hydrogens (tertiary/aromatic N) is 2. The van der Waals surface area contributed by atoms with E-state index >= 15 is 0 Å². The lowest BCUT2D eigenvalue weighted by molar-refractivity contribution is -0.129. The summed E-state index contributed by atoms with van der Waals surface area (Å²) in [5.74, 6) is 0.0221. The molecule has 0 aliphatic carbocycles. The van der Waals surface area contributed by atoms with Crippen LogP contribution in [0.5, 0.6) is 0 Å². The zero-order valence-corrected chi connectivity index (χ0v) is 18.5. The zero-order chi connectivity index (χ0) is 22.2. The van der Waals surface area contributed by atoms with Crippen molar-refractivity contribution in [3.63, 3.8) is 0 Å². The Morgan fingerprint density at radius 3 is 2.19 bits per heavy atom. The number of amides is 2. The first-order valence-corrected chi connectivity index (χ1v) is 10.7. The first-order chi connectivity index (χ1) is 15.0. The average molecular weight is 415 g/mol. The highest BCUT2D eigenvalue weighted by Gasteiger charge is 2.19. The van der Waals surface area contributed by atoms with Gasteiger partial charge in [0.1, 0.15) is 0 Å². The van der Waals surface area contributed by atoms with Gasteiger partial charge in [-0.15, -0.1) is 0 Å². The lowest BCUT2D eigenvalue weighted by Crippen LogP contribution is -2.31. The van der Waals surface area contributed by atoms with Gasteiger partial charge in [-0.3, -0.25) is 9.59 Å². The van der Waals surface area contributed by atoms with E-state index in [1.807, 2.05) is 92.8 Å². The normalized spacial score (nSPS) is 10.5. The molecule has 2 amide bonds. The van der Waals surface area contributed by atoms with Crippen molar-refractivity contribution < 1.29 is 9.59 Å². The Hall–Kier alpha value is -3.40. The van der Waals surface area contributed by atoms with Crippen molar-refractivity contribution in [2.24, 2.45) is 0 Å². The summed E-state index contributed by atoms with van der Waals surface area (Å²) in [6.45, 7) is 5.26. The van der Waals surface area contributed by atoms with Crippen LogP contribution in [0.3, 0.4) is 0 Å². The van der Waals surface area contributed by atoms with Crippen LogP contribution < -0.4 is 4.90 Å². The van der Waals surface area contributed by atoms with Gasteiger partial charge in [-0.25, -0.2) is 0 Å². The Bertz CT molecular complexity index is 1010. The maximum atomic E-state index is 13.4. The molecule has 0 aliphatic rings. The number of benzene rings is 3. The van der Waals surface area contributed by atoms with Gasteiger partial charge in [0, 0.05) is 24.8 Å². The highest BCUT2D eigenvalue weighted by molar-refractivity contribution is 6.06. The molecule has 0 aromatic heterocycles. The lowest BCUT2D eigenvalue weighted by atomic mass is 10.1. The van der Waals surface area contributed by atoms with E-state index < -0.39 is 0 Å². The summed E-state index contributed by atoms with van der Waals surface area (Å²) >= 11 is 0. The van der Waals surface area contributed by atoms with Crippen LogP contribution in [0.15, 0.2) is 78.9 Å². The van der Waals surface area contributed by atoms with Crippen LogP contribution in [-0.4, -0.2) is 30.3 Å². The van der Waals surface area contributed by atoms with Gasteiger partial charge in [-0.1, -0.05) is 67.1 Å². The second-order valence-electron chi connectivity index (χ2n) is 7.90. The van der Waals surface area contributed by atoms with Gasteiger partial charge in [-0.05, 0) is 48.7 Å². The quantitative estimate of drug-likeness (QED) is 0.505. The summed E-state index contributed by atoms with van der Waals surface area (Å²) in [6.07, 6.45) is 1.25. The fraction of sp³-hybridized carbons (Fsp3) is 0.259. The molecule has 0 saturated heterocycles. The van der Waals surface area contributed by atoms with E-state index in [0.717, 1.165) is 35.3 Å². The van der Waals surface area contributed by atoms with Gasteiger partial charge in [-0.2, -0.15) is 0 Å². The molecule has 0 N–H and O–H groups in total. The SMILES string of the molecule is CCCN(C)C(=O)Cc1cccc(N(Cc2ccccc2)C(=O)c2ccc(C)cc2)c1. The highest BCUT2D eigenvalue weighted by Crippen LogP contribution is 2.22. The number of carbonyl (C=O) groups excluding carboxylic acids is 2. The first kappa shape index (κ1) is 22.3. The van der Waals surface area contributed by atoms with Crippen molar-refractivity contribution in [3.8, 4) is 0 Å². The van der Waals surface area contributed by atoms with E-state index in [0.29, 0.717) is 18.5 Å². The van der Waals surface area contributed by atoms with Gasteiger partial charge in [0.2, 0.25) is 5.91 Å². The molecule has 0 unspecified atom stereocenters. The van der Waals surface area contributed by atoms with E-state index in [1.165, 1.54) is 0 Å². The molecule has 0 aliphatic heterocycles. The van der Waals surface area contributed by atoms with Crippen LogP contribution in [0, 0.1) is 6.92 Å². The summed E-state index contributed by atoms with van der Waals surface area (Å²) in [6, 6.07) is 25.3. The molecule has 3 aromatic rings. The smallest absolute Gasteiger partial charge is 0.258 e. The Morgan fingerprint density at radius 2 is 1.52 bits per heavy atom. The van der Waals surface area contributed by atoms with Gasteiger partial charge < -0.3 is 9.80 Å². The number of hydrogen-bond acceptors (Lipinski definition) is 2. The lowest BCUT2D eigenvalue weighted by Gasteiger charge is -2.24. The highest BCUT2D eigenvalue weighted by atomic mass is 16.2. The molecule has 0 radical (unpaired) electrons. The fourth-order valence-corrected chi connectivity index (χ4v) is 3.50. The largest absolute Gasteiger partial charge is 0.345 e. The molecular weight excluding hydrogens is 384 g/mol. The van der Waals surface area contributed by atoms with Crippen molar-refractivity contribution in [1.82, 2.24) is 4.90 Å². The minimum absolute atomic E-state index is 0.0598. The van der Waals surface area contributed by atoms with Gasteiger partial charge >= 0.3 is 0 Å². The molecule has 3 aromatic carbocycles. The molecule has 0 heterocycles. The molecule has 0 fully saturated rings. The van der Waals surface area contributed by atoms with Crippen molar-refractivity contribution in [2.75, 3.05) is 18.5 Å². The van der Waals surface area contributed by atoms with E-state index in [1.54, 1.807) is 9.80 Å². The molecule has 31 heavy (non-hydrogen) atoms. The second kappa shape index (κ2) is 10.6. The Balaban J connectivity index is 1.90. The van der Waals surface area contributed by atoms with E-state index in [-0.39, 0.29) is 11.8 Å². The molecule has 3 rings (SSSR count). The third-order valence-electron chi connectivity index (χ3n) is 5.29. The number of anilines is 1. The van der Waals surface area contributed by atoms with Crippen LogP contribution in [0.25, 0.3) is 0 Å². The topological polar surface area (TPSA) is 40.6 Å². The molecule has 0 spiro atoms. The number of aryl methyl sites for hydroxylation is 1. The Kier molecular flexibility index (Phi) is 7.60. The summed E-state index contributed by atoms with van der Waals surface area (Å²) < 4.78 is 0. The van der Waals surface area contributed by atoms with Crippen molar-refractivity contribution in [1.29, 1.82) is 0 Å². The number of carbonyl (C=O) groups is 2. The summed E-state index contributed by atoms with van der Waals surface area (Å²) in [5, 5.41) is 0. The second-order valence-corrected chi connectivity index (χ2v) is 7.90. The average Bonchev–Trinajstić information content (AvgIpc) is 2.78. The fourth-order valence-electron chi connectivity index (χ4n) is 3.50. The number of hydrogen-bond donors (Lipinski definition) is 0. The maximum Gasteiger partial charge on any atom is 0.258 e. The molecular formula is C27H30N2O2. The van der Waals surface area contributed by atoms with E-state index in [4.69, 9.17) is 0 Å². The monoisotopic (exact) mass is 414 g/mol.